The summed E-state index contributed by atoms with van der Waals surface area (Å²) in [6.07, 6.45) is 3.65. The van der Waals surface area contributed by atoms with Gasteiger partial charge in [-0.25, -0.2) is 9.97 Å². The van der Waals surface area contributed by atoms with E-state index in [2.05, 4.69) is 32.0 Å². The van der Waals surface area contributed by atoms with Gasteiger partial charge in [-0.2, -0.15) is 0 Å². The molecule has 0 radical (unpaired) electrons. The molecule has 84 valence electrons. The lowest BCUT2D eigenvalue weighted by atomic mass is 10.3. The van der Waals surface area contributed by atoms with Crippen LogP contribution in [0.2, 0.25) is 0 Å². The van der Waals surface area contributed by atoms with Crippen LogP contribution in [0.25, 0.3) is 16.9 Å². The molecule has 0 aliphatic rings. The Morgan fingerprint density at radius 2 is 2.00 bits per heavy atom. The number of halogens is 1. The first-order valence-electron chi connectivity index (χ1n) is 5.30. The molecule has 0 aliphatic carbocycles. The van der Waals surface area contributed by atoms with Crippen LogP contribution >= 0.6 is 15.9 Å². The molecule has 0 fully saturated rings. The zero-order valence-corrected chi connectivity index (χ0v) is 10.8. The van der Waals surface area contributed by atoms with Crippen LogP contribution in [0.15, 0.2) is 47.3 Å². The summed E-state index contributed by atoms with van der Waals surface area (Å²) in [5.41, 5.74) is 3.16. The molecule has 17 heavy (non-hydrogen) atoms. The van der Waals surface area contributed by atoms with Crippen LogP contribution in [-0.4, -0.2) is 14.5 Å². The Balaban J connectivity index is 2.27. The van der Waals surface area contributed by atoms with Gasteiger partial charge in [-0.1, -0.05) is 12.1 Å². The summed E-state index contributed by atoms with van der Waals surface area (Å²) in [5, 5.41) is 0. The smallest absolute Gasteiger partial charge is 0.152 e. The van der Waals surface area contributed by atoms with Crippen molar-refractivity contribution in [1.29, 1.82) is 0 Å². The van der Waals surface area contributed by atoms with E-state index in [1.54, 1.807) is 6.33 Å². The van der Waals surface area contributed by atoms with Crippen LogP contribution < -0.4 is 0 Å². The number of imidazole rings is 1. The van der Waals surface area contributed by atoms with Crippen molar-refractivity contribution in [1.82, 2.24) is 14.5 Å². The Bertz CT molecular complexity index is 688. The van der Waals surface area contributed by atoms with Gasteiger partial charge in [0.2, 0.25) is 0 Å². The number of benzene rings is 1. The fourth-order valence-electron chi connectivity index (χ4n) is 1.83. The molecule has 2 heterocycles. The van der Waals surface area contributed by atoms with Gasteiger partial charge in [0.15, 0.2) is 5.82 Å². The number of rotatable bonds is 1. The maximum atomic E-state index is 4.45. The summed E-state index contributed by atoms with van der Waals surface area (Å²) < 4.78 is 2.96. The molecule has 0 amide bonds. The molecule has 0 spiro atoms. The van der Waals surface area contributed by atoms with Crippen LogP contribution in [0.5, 0.6) is 0 Å². The largest absolute Gasteiger partial charge is 0.282 e. The molecule has 0 saturated carbocycles. The third kappa shape index (κ3) is 1.74. The molecule has 2 aromatic heterocycles. The SMILES string of the molecule is Cc1cnc(-n2cnc3ccccc32)c(Br)c1. The number of fused-ring (bicyclic) bond motifs is 1. The van der Waals surface area contributed by atoms with Gasteiger partial charge < -0.3 is 0 Å². The van der Waals surface area contributed by atoms with Gasteiger partial charge in [0.25, 0.3) is 0 Å². The van der Waals surface area contributed by atoms with E-state index in [0.717, 1.165) is 26.9 Å². The van der Waals surface area contributed by atoms with Crippen LogP contribution in [0, 0.1) is 6.92 Å². The Kier molecular flexibility index (Phi) is 2.44. The van der Waals surface area contributed by atoms with Gasteiger partial charge in [0.05, 0.1) is 15.5 Å². The third-order valence-corrected chi connectivity index (χ3v) is 3.22. The van der Waals surface area contributed by atoms with E-state index in [1.807, 2.05) is 42.0 Å². The minimum Gasteiger partial charge on any atom is -0.282 e. The number of hydrogen-bond donors (Lipinski definition) is 0. The molecule has 3 nitrogen and oxygen atoms in total. The van der Waals surface area contributed by atoms with E-state index in [9.17, 15) is 0 Å². The van der Waals surface area contributed by atoms with Crippen molar-refractivity contribution in [3.8, 4) is 5.82 Å². The quantitative estimate of drug-likeness (QED) is 0.686. The minimum absolute atomic E-state index is 0.865. The second kappa shape index (κ2) is 3.96. The fourth-order valence-corrected chi connectivity index (χ4v) is 2.49. The van der Waals surface area contributed by atoms with Crippen LogP contribution in [0.3, 0.4) is 0 Å². The zero-order chi connectivity index (χ0) is 11.8. The maximum Gasteiger partial charge on any atom is 0.152 e. The molecule has 0 unspecified atom stereocenters. The van der Waals surface area contributed by atoms with Gasteiger partial charge in [0.1, 0.15) is 6.33 Å². The molecule has 3 aromatic rings. The highest BCUT2D eigenvalue weighted by atomic mass is 79.9. The van der Waals surface area contributed by atoms with E-state index in [-0.39, 0.29) is 0 Å². The second-order valence-corrected chi connectivity index (χ2v) is 4.78. The Morgan fingerprint density at radius 3 is 2.82 bits per heavy atom. The first kappa shape index (κ1) is 10.5. The number of para-hydroxylation sites is 2. The van der Waals surface area contributed by atoms with Crippen molar-refractivity contribution < 1.29 is 0 Å². The Labute approximate surface area is 107 Å². The molecular formula is C13H10BrN3. The second-order valence-electron chi connectivity index (χ2n) is 3.92. The predicted octanol–water partition coefficient (Wildman–Crippen LogP) is 3.49. The summed E-state index contributed by atoms with van der Waals surface area (Å²) in [6.45, 7) is 2.02. The lowest BCUT2D eigenvalue weighted by Crippen LogP contribution is -1.97. The summed E-state index contributed by atoms with van der Waals surface area (Å²) in [7, 11) is 0. The molecule has 0 atom stereocenters. The van der Waals surface area contributed by atoms with Crippen molar-refractivity contribution in [3.63, 3.8) is 0 Å². The molecule has 0 saturated heterocycles. The van der Waals surface area contributed by atoms with Gasteiger partial charge in [-0.3, -0.25) is 4.57 Å². The van der Waals surface area contributed by atoms with E-state index >= 15 is 0 Å². The monoisotopic (exact) mass is 287 g/mol. The topological polar surface area (TPSA) is 30.7 Å². The summed E-state index contributed by atoms with van der Waals surface area (Å²) >= 11 is 3.54. The number of aromatic nitrogens is 3. The van der Waals surface area contributed by atoms with Crippen molar-refractivity contribution >= 4 is 27.0 Å². The maximum absolute atomic E-state index is 4.45. The summed E-state index contributed by atoms with van der Waals surface area (Å²) in [4.78, 5) is 8.81. The average molecular weight is 288 g/mol. The van der Waals surface area contributed by atoms with Crippen LogP contribution in [-0.2, 0) is 0 Å². The van der Waals surface area contributed by atoms with E-state index in [1.165, 1.54) is 0 Å². The lowest BCUT2D eigenvalue weighted by Gasteiger charge is -2.06. The first-order valence-corrected chi connectivity index (χ1v) is 6.09. The molecule has 0 N–H and O–H groups in total. The molecular weight excluding hydrogens is 278 g/mol. The van der Waals surface area contributed by atoms with Crippen molar-refractivity contribution in [2.45, 2.75) is 6.92 Å². The summed E-state index contributed by atoms with van der Waals surface area (Å²) in [5.74, 6) is 0.865. The van der Waals surface area contributed by atoms with Crippen molar-refractivity contribution in [3.05, 3.63) is 52.9 Å². The highest BCUT2D eigenvalue weighted by Gasteiger charge is 2.08. The molecule has 4 heteroatoms. The number of nitrogens with zero attached hydrogens (tertiary/aromatic N) is 3. The molecule has 0 aliphatic heterocycles. The van der Waals surface area contributed by atoms with Crippen LogP contribution in [0.1, 0.15) is 5.56 Å². The van der Waals surface area contributed by atoms with E-state index in [0.29, 0.717) is 0 Å². The van der Waals surface area contributed by atoms with Crippen molar-refractivity contribution in [2.24, 2.45) is 0 Å². The number of hydrogen-bond acceptors (Lipinski definition) is 2. The fraction of sp³-hybridized carbons (Fsp3) is 0.0769. The van der Waals surface area contributed by atoms with Gasteiger partial charge in [0, 0.05) is 6.20 Å². The van der Waals surface area contributed by atoms with Gasteiger partial charge >= 0.3 is 0 Å². The van der Waals surface area contributed by atoms with E-state index < -0.39 is 0 Å². The van der Waals surface area contributed by atoms with Crippen LogP contribution in [0.4, 0.5) is 0 Å². The molecule has 1 aromatic carbocycles. The predicted molar refractivity (Wildman–Crippen MR) is 71.3 cm³/mol. The standard InChI is InChI=1S/C13H10BrN3/c1-9-6-10(14)13(15-7-9)17-8-16-11-4-2-3-5-12(11)17/h2-8H,1H3. The zero-order valence-electron chi connectivity index (χ0n) is 9.26. The highest BCUT2D eigenvalue weighted by Crippen LogP contribution is 2.23. The number of aryl methyl sites for hydroxylation is 1. The Morgan fingerprint density at radius 1 is 1.18 bits per heavy atom. The minimum atomic E-state index is 0.865. The highest BCUT2D eigenvalue weighted by molar-refractivity contribution is 9.10. The lowest BCUT2D eigenvalue weighted by molar-refractivity contribution is 1.01. The summed E-state index contributed by atoms with van der Waals surface area (Å²) in [6, 6.07) is 10.1. The normalized spacial score (nSPS) is 10.9. The van der Waals surface area contributed by atoms with Gasteiger partial charge in [-0.15, -0.1) is 0 Å². The number of pyridine rings is 1. The van der Waals surface area contributed by atoms with Gasteiger partial charge in [-0.05, 0) is 46.6 Å². The van der Waals surface area contributed by atoms with Crippen molar-refractivity contribution in [2.75, 3.05) is 0 Å². The molecule has 3 rings (SSSR count). The first-order chi connectivity index (χ1) is 8.25. The third-order valence-electron chi connectivity index (χ3n) is 2.64. The molecule has 0 bridgehead atoms. The van der Waals surface area contributed by atoms with E-state index in [4.69, 9.17) is 0 Å². The Hall–Kier alpha value is -1.68. The average Bonchev–Trinajstić information content (AvgIpc) is 2.73.